The van der Waals surface area contributed by atoms with Gasteiger partial charge in [-0.2, -0.15) is 0 Å². The molecule has 1 N–H and O–H groups in total. The molecule has 2 amide bonds. The molecule has 35 heavy (non-hydrogen) atoms. The lowest BCUT2D eigenvalue weighted by Crippen LogP contribution is -2.53. The summed E-state index contributed by atoms with van der Waals surface area (Å²) in [7, 11) is 0. The number of carbonyl (C=O) groups excluding carboxylic acids is 2. The van der Waals surface area contributed by atoms with Crippen LogP contribution in [0.15, 0.2) is 83.3 Å². The molecule has 0 unspecified atom stereocenters. The van der Waals surface area contributed by atoms with E-state index in [2.05, 4.69) is 21.2 Å². The summed E-state index contributed by atoms with van der Waals surface area (Å²) in [4.78, 5) is 28.8. The Kier molecular flexibility index (Phi) is 9.91. The molecule has 0 fully saturated rings. The molecule has 0 spiro atoms. The lowest BCUT2D eigenvalue weighted by atomic mass is 10.0. The van der Waals surface area contributed by atoms with Gasteiger partial charge in [-0.1, -0.05) is 77.5 Å². The molecule has 0 saturated carbocycles. The molecule has 0 aromatic heterocycles. The van der Waals surface area contributed by atoms with Gasteiger partial charge in [0.1, 0.15) is 11.8 Å². The molecule has 3 rings (SSSR count). The first-order valence-electron chi connectivity index (χ1n) is 11.9. The summed E-state index contributed by atoms with van der Waals surface area (Å²) in [6, 6.07) is 24.4. The molecule has 0 aliphatic carbocycles. The molecule has 3 aromatic carbocycles. The molecule has 0 heterocycles. The Balaban J connectivity index is 1.91. The fourth-order valence-corrected chi connectivity index (χ4v) is 3.99. The Morgan fingerprint density at radius 3 is 2.29 bits per heavy atom. The van der Waals surface area contributed by atoms with E-state index >= 15 is 0 Å². The Morgan fingerprint density at radius 1 is 0.971 bits per heavy atom. The molecule has 3 aromatic rings. The molecule has 0 saturated heterocycles. The maximum Gasteiger partial charge on any atom is 0.261 e. The minimum Gasteiger partial charge on any atom is -0.484 e. The van der Waals surface area contributed by atoms with Crippen LogP contribution in [0.2, 0.25) is 0 Å². The highest BCUT2D eigenvalue weighted by Crippen LogP contribution is 2.19. The molecular weight excluding hydrogens is 504 g/mol. The summed E-state index contributed by atoms with van der Waals surface area (Å²) in [5.41, 5.74) is 3.06. The highest BCUT2D eigenvalue weighted by atomic mass is 79.9. The Hall–Kier alpha value is -3.12. The van der Waals surface area contributed by atoms with Gasteiger partial charge in [0.2, 0.25) is 5.91 Å². The van der Waals surface area contributed by atoms with Crippen molar-refractivity contribution in [2.24, 2.45) is 0 Å². The third-order valence-electron chi connectivity index (χ3n) is 6.05. The number of benzene rings is 3. The summed E-state index contributed by atoms with van der Waals surface area (Å²) in [5.74, 6) is 0.200. The SMILES string of the molecule is CC[C@H](C)NC(=O)[C@H](Cc1ccccc1)N(Cc1ccccc1C)C(=O)COc1ccc(Br)cc1. The van der Waals surface area contributed by atoms with Gasteiger partial charge in [-0.25, -0.2) is 0 Å². The monoisotopic (exact) mass is 536 g/mol. The molecule has 2 atom stereocenters. The first-order chi connectivity index (χ1) is 16.9. The van der Waals surface area contributed by atoms with Gasteiger partial charge in [-0.15, -0.1) is 0 Å². The van der Waals surface area contributed by atoms with Crippen molar-refractivity contribution in [3.63, 3.8) is 0 Å². The van der Waals surface area contributed by atoms with Crippen LogP contribution in [0, 0.1) is 6.92 Å². The van der Waals surface area contributed by atoms with Crippen LogP contribution in [0.4, 0.5) is 0 Å². The largest absolute Gasteiger partial charge is 0.484 e. The molecule has 184 valence electrons. The number of hydrogen-bond acceptors (Lipinski definition) is 3. The number of nitrogens with one attached hydrogen (secondary N) is 1. The van der Waals surface area contributed by atoms with Gasteiger partial charge in [-0.3, -0.25) is 9.59 Å². The number of hydrogen-bond donors (Lipinski definition) is 1. The van der Waals surface area contributed by atoms with Crippen LogP contribution in [-0.2, 0) is 22.6 Å². The predicted molar refractivity (Wildman–Crippen MR) is 143 cm³/mol. The van der Waals surface area contributed by atoms with Gasteiger partial charge < -0.3 is 15.0 Å². The fourth-order valence-electron chi connectivity index (χ4n) is 3.72. The van der Waals surface area contributed by atoms with Crippen LogP contribution in [0.3, 0.4) is 0 Å². The van der Waals surface area contributed by atoms with Crippen molar-refractivity contribution in [2.75, 3.05) is 6.61 Å². The van der Waals surface area contributed by atoms with Gasteiger partial charge in [0, 0.05) is 23.5 Å². The summed E-state index contributed by atoms with van der Waals surface area (Å²) >= 11 is 3.41. The number of nitrogens with zero attached hydrogens (tertiary/aromatic N) is 1. The van der Waals surface area contributed by atoms with Crippen LogP contribution in [0.1, 0.15) is 37.0 Å². The van der Waals surface area contributed by atoms with E-state index < -0.39 is 6.04 Å². The zero-order valence-corrected chi connectivity index (χ0v) is 22.1. The number of halogens is 1. The predicted octanol–water partition coefficient (Wildman–Crippen LogP) is 5.69. The van der Waals surface area contributed by atoms with Crippen LogP contribution in [-0.4, -0.2) is 35.4 Å². The molecule has 6 heteroatoms. The van der Waals surface area contributed by atoms with E-state index in [1.807, 2.05) is 87.5 Å². The lowest BCUT2D eigenvalue weighted by Gasteiger charge is -2.32. The quantitative estimate of drug-likeness (QED) is 0.342. The number of carbonyl (C=O) groups is 2. The van der Waals surface area contributed by atoms with Crippen LogP contribution < -0.4 is 10.1 Å². The highest BCUT2D eigenvalue weighted by Gasteiger charge is 2.31. The van der Waals surface area contributed by atoms with Gasteiger partial charge in [0.15, 0.2) is 6.61 Å². The van der Waals surface area contributed by atoms with E-state index in [0.29, 0.717) is 18.7 Å². The van der Waals surface area contributed by atoms with Crippen LogP contribution in [0.25, 0.3) is 0 Å². The Labute approximate surface area is 216 Å². The smallest absolute Gasteiger partial charge is 0.261 e. The highest BCUT2D eigenvalue weighted by molar-refractivity contribution is 9.10. The lowest BCUT2D eigenvalue weighted by molar-refractivity contribution is -0.143. The molecule has 0 bridgehead atoms. The second kappa shape index (κ2) is 13.1. The number of amides is 2. The summed E-state index contributed by atoms with van der Waals surface area (Å²) in [5, 5.41) is 3.09. The third kappa shape index (κ3) is 7.96. The molecule has 0 aliphatic rings. The maximum atomic E-state index is 13.6. The van der Waals surface area contributed by atoms with E-state index in [-0.39, 0.29) is 24.5 Å². The second-order valence-electron chi connectivity index (χ2n) is 8.71. The van der Waals surface area contributed by atoms with Gasteiger partial charge in [0.25, 0.3) is 5.91 Å². The van der Waals surface area contributed by atoms with Crippen molar-refractivity contribution in [3.05, 3.63) is 100 Å². The first kappa shape index (κ1) is 26.5. The van der Waals surface area contributed by atoms with Crippen molar-refractivity contribution >= 4 is 27.7 Å². The van der Waals surface area contributed by atoms with E-state index in [4.69, 9.17) is 4.74 Å². The fraction of sp³-hybridized carbons (Fsp3) is 0.310. The van der Waals surface area contributed by atoms with Crippen LogP contribution >= 0.6 is 15.9 Å². The van der Waals surface area contributed by atoms with Crippen molar-refractivity contribution in [3.8, 4) is 5.75 Å². The van der Waals surface area contributed by atoms with E-state index in [0.717, 1.165) is 27.6 Å². The normalized spacial score (nSPS) is 12.5. The zero-order chi connectivity index (χ0) is 25.2. The van der Waals surface area contributed by atoms with Crippen molar-refractivity contribution in [1.82, 2.24) is 10.2 Å². The van der Waals surface area contributed by atoms with Gasteiger partial charge >= 0.3 is 0 Å². The summed E-state index contributed by atoms with van der Waals surface area (Å²) < 4.78 is 6.74. The summed E-state index contributed by atoms with van der Waals surface area (Å²) in [6.07, 6.45) is 1.22. The minimum atomic E-state index is -0.674. The molecule has 0 aliphatic heterocycles. The average Bonchev–Trinajstić information content (AvgIpc) is 2.87. The summed E-state index contributed by atoms with van der Waals surface area (Å²) in [6.45, 7) is 6.18. The first-order valence-corrected chi connectivity index (χ1v) is 12.7. The number of rotatable bonds is 11. The third-order valence-corrected chi connectivity index (χ3v) is 6.58. The number of aryl methyl sites for hydroxylation is 1. The zero-order valence-electron chi connectivity index (χ0n) is 20.5. The van der Waals surface area contributed by atoms with Gasteiger partial charge in [-0.05, 0) is 61.2 Å². The van der Waals surface area contributed by atoms with E-state index in [9.17, 15) is 9.59 Å². The van der Waals surface area contributed by atoms with E-state index in [1.54, 1.807) is 17.0 Å². The molecular formula is C29H33BrN2O3. The standard InChI is InChI=1S/C29H33BrN2O3/c1-4-22(3)31-29(34)27(18-23-11-6-5-7-12-23)32(19-24-13-9-8-10-21(24)2)28(33)20-35-26-16-14-25(30)15-17-26/h5-17,22,27H,4,18-20H2,1-3H3,(H,31,34)/t22-,27-/m0/s1. The van der Waals surface area contributed by atoms with E-state index in [1.165, 1.54) is 0 Å². The van der Waals surface area contributed by atoms with Crippen molar-refractivity contribution in [2.45, 2.75) is 52.2 Å². The molecule has 0 radical (unpaired) electrons. The second-order valence-corrected chi connectivity index (χ2v) is 9.63. The Bertz CT molecular complexity index is 1100. The molecule has 5 nitrogen and oxygen atoms in total. The van der Waals surface area contributed by atoms with Crippen molar-refractivity contribution in [1.29, 1.82) is 0 Å². The maximum absolute atomic E-state index is 13.6. The minimum absolute atomic E-state index is 0.00945. The number of ether oxygens (including phenoxy) is 1. The average molecular weight is 537 g/mol. The topological polar surface area (TPSA) is 58.6 Å². The Morgan fingerprint density at radius 2 is 1.63 bits per heavy atom. The van der Waals surface area contributed by atoms with Crippen molar-refractivity contribution < 1.29 is 14.3 Å². The van der Waals surface area contributed by atoms with Crippen LogP contribution in [0.5, 0.6) is 5.75 Å². The van der Waals surface area contributed by atoms with Gasteiger partial charge in [0.05, 0.1) is 0 Å².